The number of carbonyl (C=O) groups is 2. The van der Waals surface area contributed by atoms with Crippen molar-refractivity contribution in [2.45, 2.75) is 38.8 Å². The summed E-state index contributed by atoms with van der Waals surface area (Å²) in [6.07, 6.45) is 5.71. The number of nitrogens with zero attached hydrogens (tertiary/aromatic N) is 3. The molecule has 1 aliphatic rings. The second-order valence-corrected chi connectivity index (χ2v) is 5.94. The second-order valence-electron chi connectivity index (χ2n) is 5.94. The fourth-order valence-corrected chi connectivity index (χ4v) is 2.98. The molecule has 0 unspecified atom stereocenters. The Bertz CT molecular complexity index is 694. The van der Waals surface area contributed by atoms with E-state index in [1.807, 2.05) is 42.2 Å². The summed E-state index contributed by atoms with van der Waals surface area (Å²) >= 11 is 0. The molecule has 126 valence electrons. The number of anilines is 1. The third-order valence-electron chi connectivity index (χ3n) is 4.32. The maximum absolute atomic E-state index is 12.3. The maximum atomic E-state index is 12.3. The van der Waals surface area contributed by atoms with Crippen LogP contribution in [0.3, 0.4) is 0 Å². The molecule has 1 aliphatic heterocycles. The Kier molecular flexibility index (Phi) is 4.93. The molecule has 0 spiro atoms. The zero-order valence-electron chi connectivity index (χ0n) is 13.8. The molecule has 2 amide bonds. The van der Waals surface area contributed by atoms with Gasteiger partial charge in [-0.05, 0) is 36.6 Å². The smallest absolute Gasteiger partial charge is 0.245 e. The van der Waals surface area contributed by atoms with Crippen LogP contribution in [-0.2, 0) is 16.1 Å². The van der Waals surface area contributed by atoms with Crippen LogP contribution >= 0.6 is 0 Å². The van der Waals surface area contributed by atoms with Gasteiger partial charge in [0.05, 0.1) is 0 Å². The van der Waals surface area contributed by atoms with Crippen molar-refractivity contribution in [2.75, 3.05) is 11.4 Å². The van der Waals surface area contributed by atoms with Crippen molar-refractivity contribution in [1.29, 1.82) is 0 Å². The van der Waals surface area contributed by atoms with Gasteiger partial charge in [0.25, 0.3) is 0 Å². The summed E-state index contributed by atoms with van der Waals surface area (Å²) in [5, 5.41) is 7.10. The van der Waals surface area contributed by atoms with Crippen LogP contribution in [-0.4, -0.2) is 28.1 Å². The second kappa shape index (κ2) is 7.29. The molecular formula is C18H22N4O2. The van der Waals surface area contributed by atoms with E-state index in [0.717, 1.165) is 24.2 Å². The third kappa shape index (κ3) is 3.48. The summed E-state index contributed by atoms with van der Waals surface area (Å²) in [7, 11) is 0. The van der Waals surface area contributed by atoms with Crippen molar-refractivity contribution in [1.82, 2.24) is 15.1 Å². The number of hydrogen-bond acceptors (Lipinski definition) is 3. The molecule has 1 aromatic heterocycles. The van der Waals surface area contributed by atoms with E-state index in [1.165, 1.54) is 0 Å². The van der Waals surface area contributed by atoms with Crippen molar-refractivity contribution in [3.63, 3.8) is 0 Å². The van der Waals surface area contributed by atoms with Gasteiger partial charge in [-0.25, -0.2) is 0 Å². The van der Waals surface area contributed by atoms with Gasteiger partial charge in [0.1, 0.15) is 6.04 Å². The third-order valence-corrected chi connectivity index (χ3v) is 4.32. The van der Waals surface area contributed by atoms with Crippen LogP contribution in [0.25, 0.3) is 0 Å². The van der Waals surface area contributed by atoms with Crippen molar-refractivity contribution in [3.05, 3.63) is 48.3 Å². The summed E-state index contributed by atoms with van der Waals surface area (Å²) in [6.45, 7) is 3.22. The molecule has 1 saturated heterocycles. The fraction of sp³-hybridized carbons (Fsp3) is 0.389. The number of hydrogen-bond donors (Lipinski definition) is 1. The number of amides is 2. The molecule has 0 radical (unpaired) electrons. The molecule has 24 heavy (non-hydrogen) atoms. The van der Waals surface area contributed by atoms with Gasteiger partial charge in [-0.15, -0.1) is 0 Å². The molecule has 1 N–H and O–H groups in total. The minimum absolute atomic E-state index is 0.0417. The molecule has 1 atom stereocenters. The van der Waals surface area contributed by atoms with E-state index in [2.05, 4.69) is 10.4 Å². The van der Waals surface area contributed by atoms with Gasteiger partial charge in [0.2, 0.25) is 11.8 Å². The molecule has 6 heteroatoms. The van der Waals surface area contributed by atoms with Crippen LogP contribution in [0.1, 0.15) is 37.8 Å². The van der Waals surface area contributed by atoms with Gasteiger partial charge in [0, 0.05) is 37.6 Å². The maximum Gasteiger partial charge on any atom is 0.245 e. The molecule has 6 nitrogen and oxygen atoms in total. The molecule has 1 fully saturated rings. The summed E-state index contributed by atoms with van der Waals surface area (Å²) in [4.78, 5) is 25.9. The van der Waals surface area contributed by atoms with Crippen molar-refractivity contribution < 1.29 is 9.59 Å². The Balaban J connectivity index is 1.58. The van der Waals surface area contributed by atoms with Crippen LogP contribution in [0.2, 0.25) is 0 Å². The quantitative estimate of drug-likeness (QED) is 0.885. The van der Waals surface area contributed by atoms with Crippen molar-refractivity contribution in [2.24, 2.45) is 0 Å². The lowest BCUT2D eigenvalue weighted by atomic mass is 10.1. The molecule has 1 aromatic carbocycles. The van der Waals surface area contributed by atoms with Crippen LogP contribution in [0.4, 0.5) is 5.69 Å². The van der Waals surface area contributed by atoms with Crippen LogP contribution < -0.4 is 10.2 Å². The van der Waals surface area contributed by atoms with Gasteiger partial charge in [-0.2, -0.15) is 5.10 Å². The highest BCUT2D eigenvalue weighted by molar-refractivity contribution is 5.95. The highest BCUT2D eigenvalue weighted by Crippen LogP contribution is 2.21. The van der Waals surface area contributed by atoms with Crippen molar-refractivity contribution >= 4 is 17.5 Å². The van der Waals surface area contributed by atoms with E-state index in [1.54, 1.807) is 17.1 Å². The zero-order valence-corrected chi connectivity index (χ0v) is 13.8. The van der Waals surface area contributed by atoms with Crippen LogP contribution in [0.5, 0.6) is 0 Å². The first-order valence-corrected chi connectivity index (χ1v) is 8.35. The molecule has 0 saturated carbocycles. The molecule has 0 bridgehead atoms. The standard InChI is InChI=1S/C18H22N4O2/c1-2-16(22-12-4-10-20-22)18(24)19-13-14-6-8-15(9-7-14)21-11-3-5-17(21)23/h4,6-10,12,16H,2-3,5,11,13H2,1H3,(H,19,24)/t16-/m1/s1. The largest absolute Gasteiger partial charge is 0.350 e. The number of rotatable bonds is 6. The van der Waals surface area contributed by atoms with E-state index >= 15 is 0 Å². The Morgan fingerprint density at radius 1 is 1.33 bits per heavy atom. The lowest BCUT2D eigenvalue weighted by molar-refractivity contribution is -0.124. The summed E-state index contributed by atoms with van der Waals surface area (Å²) < 4.78 is 1.68. The zero-order chi connectivity index (χ0) is 16.9. The van der Waals surface area contributed by atoms with E-state index in [-0.39, 0.29) is 17.9 Å². The van der Waals surface area contributed by atoms with Gasteiger partial charge < -0.3 is 10.2 Å². The van der Waals surface area contributed by atoms with Gasteiger partial charge >= 0.3 is 0 Å². The van der Waals surface area contributed by atoms with Gasteiger partial charge in [0.15, 0.2) is 0 Å². The first-order chi connectivity index (χ1) is 11.7. The van der Waals surface area contributed by atoms with E-state index < -0.39 is 0 Å². The van der Waals surface area contributed by atoms with Gasteiger partial charge in [-0.1, -0.05) is 19.1 Å². The normalized spacial score (nSPS) is 15.5. The molecule has 2 aromatic rings. The number of nitrogens with one attached hydrogen (secondary N) is 1. The Hall–Kier alpha value is -2.63. The molecule has 2 heterocycles. The van der Waals surface area contributed by atoms with E-state index in [0.29, 0.717) is 19.4 Å². The fourth-order valence-electron chi connectivity index (χ4n) is 2.98. The summed E-state index contributed by atoms with van der Waals surface area (Å²) in [5.74, 6) is 0.140. The average Bonchev–Trinajstić information content (AvgIpc) is 3.26. The van der Waals surface area contributed by atoms with E-state index in [9.17, 15) is 9.59 Å². The molecule has 3 rings (SSSR count). The minimum atomic E-state index is -0.290. The highest BCUT2D eigenvalue weighted by Gasteiger charge is 2.21. The number of benzene rings is 1. The van der Waals surface area contributed by atoms with E-state index in [4.69, 9.17) is 0 Å². The lowest BCUT2D eigenvalue weighted by Gasteiger charge is -2.17. The summed E-state index contributed by atoms with van der Waals surface area (Å²) in [5.41, 5.74) is 1.93. The number of carbonyl (C=O) groups excluding carboxylic acids is 2. The average molecular weight is 326 g/mol. The predicted octanol–water partition coefficient (Wildman–Crippen LogP) is 2.28. The predicted molar refractivity (Wildman–Crippen MR) is 91.4 cm³/mol. The Morgan fingerprint density at radius 2 is 2.12 bits per heavy atom. The van der Waals surface area contributed by atoms with Crippen LogP contribution in [0.15, 0.2) is 42.7 Å². The molecule has 0 aliphatic carbocycles. The highest BCUT2D eigenvalue weighted by atomic mass is 16.2. The van der Waals surface area contributed by atoms with Crippen LogP contribution in [0, 0.1) is 0 Å². The first kappa shape index (κ1) is 16.2. The molecular weight excluding hydrogens is 304 g/mol. The number of aromatic nitrogens is 2. The first-order valence-electron chi connectivity index (χ1n) is 8.35. The summed E-state index contributed by atoms with van der Waals surface area (Å²) in [6, 6.07) is 9.31. The topological polar surface area (TPSA) is 67.2 Å². The minimum Gasteiger partial charge on any atom is -0.350 e. The van der Waals surface area contributed by atoms with Gasteiger partial charge in [-0.3, -0.25) is 14.3 Å². The SMILES string of the molecule is CC[C@H](C(=O)NCc1ccc(N2CCCC2=O)cc1)n1cccn1. The van der Waals surface area contributed by atoms with Crippen molar-refractivity contribution in [3.8, 4) is 0 Å². The monoisotopic (exact) mass is 326 g/mol. The Labute approximate surface area is 141 Å². The lowest BCUT2D eigenvalue weighted by Crippen LogP contribution is -2.32. The Morgan fingerprint density at radius 3 is 2.71 bits per heavy atom.